The van der Waals surface area contributed by atoms with E-state index >= 15 is 0 Å². The molecule has 0 amide bonds. The van der Waals surface area contributed by atoms with Crippen molar-refractivity contribution in [3.05, 3.63) is 11.9 Å². The molecule has 5 nitrogen and oxygen atoms in total. The van der Waals surface area contributed by atoms with E-state index in [4.69, 9.17) is 10.6 Å². The molecule has 2 N–H and O–H groups in total. The van der Waals surface area contributed by atoms with Crippen LogP contribution in [0.25, 0.3) is 0 Å². The van der Waals surface area contributed by atoms with E-state index in [0.717, 1.165) is 5.69 Å². The van der Waals surface area contributed by atoms with Gasteiger partial charge in [0.05, 0.1) is 18.5 Å². The van der Waals surface area contributed by atoms with Crippen LogP contribution in [-0.4, -0.2) is 16.7 Å². The summed E-state index contributed by atoms with van der Waals surface area (Å²) in [6.07, 6.45) is 1.66. The molecule has 0 aliphatic carbocycles. The predicted molar refractivity (Wildman–Crippen MR) is 38.7 cm³/mol. The zero-order valence-electron chi connectivity index (χ0n) is 6.57. The highest BCUT2D eigenvalue weighted by molar-refractivity contribution is 5.07. The Hall–Kier alpha value is -1.07. The van der Waals surface area contributed by atoms with Gasteiger partial charge in [0.25, 0.3) is 0 Å². The molecule has 1 aromatic rings. The van der Waals surface area contributed by atoms with Gasteiger partial charge in [0.2, 0.25) is 0 Å². The van der Waals surface area contributed by atoms with Gasteiger partial charge in [-0.2, -0.15) is 5.90 Å². The first-order valence-corrected chi connectivity index (χ1v) is 3.16. The van der Waals surface area contributed by atoms with Gasteiger partial charge >= 0.3 is 6.01 Å². The molecule has 1 heterocycles. The average Bonchev–Trinajstić information content (AvgIpc) is 2.34. The molecule has 0 saturated heterocycles. The van der Waals surface area contributed by atoms with Crippen LogP contribution < -0.4 is 10.7 Å². The number of aromatic nitrogens is 2. The molecule has 0 fully saturated rings. The number of rotatable bonds is 3. The fraction of sp³-hybridized carbons (Fsp3) is 0.500. The highest BCUT2D eigenvalue weighted by atomic mass is 16.6. The van der Waals surface area contributed by atoms with E-state index < -0.39 is 0 Å². The fourth-order valence-corrected chi connectivity index (χ4v) is 0.817. The maximum Gasteiger partial charge on any atom is 0.315 e. The Morgan fingerprint density at radius 3 is 2.91 bits per heavy atom. The van der Waals surface area contributed by atoms with Gasteiger partial charge in [-0.25, -0.2) is 4.98 Å². The first-order valence-electron chi connectivity index (χ1n) is 3.16. The second-order valence-electron chi connectivity index (χ2n) is 2.14. The van der Waals surface area contributed by atoms with Crippen molar-refractivity contribution in [1.29, 1.82) is 0 Å². The van der Waals surface area contributed by atoms with E-state index in [1.165, 1.54) is 0 Å². The van der Waals surface area contributed by atoms with Crippen molar-refractivity contribution in [1.82, 2.24) is 9.55 Å². The Kier molecular flexibility index (Phi) is 2.45. The van der Waals surface area contributed by atoms with Crippen LogP contribution >= 0.6 is 0 Å². The third-order valence-corrected chi connectivity index (χ3v) is 1.44. The minimum atomic E-state index is 0.386. The molecule has 0 atom stereocenters. The minimum Gasteiger partial charge on any atom is -0.378 e. The molecular weight excluding hydrogens is 146 g/mol. The van der Waals surface area contributed by atoms with Gasteiger partial charge < -0.3 is 9.57 Å². The maximum absolute atomic E-state index is 4.94. The van der Waals surface area contributed by atoms with Crippen LogP contribution in [0.15, 0.2) is 6.20 Å². The summed E-state index contributed by atoms with van der Waals surface area (Å²) in [5, 5.41) is 0. The molecule has 11 heavy (non-hydrogen) atoms. The summed E-state index contributed by atoms with van der Waals surface area (Å²) in [6.45, 7) is 0.507. The standard InChI is InChI=1S/C6H11N3O2/c1-9-5(4-10-2)3-8-6(9)11-7/h3H,4,7H2,1-2H3. The first-order chi connectivity index (χ1) is 5.29. The highest BCUT2D eigenvalue weighted by Gasteiger charge is 2.04. The molecule has 1 rings (SSSR count). The number of hydrogen-bond donors (Lipinski definition) is 1. The van der Waals surface area contributed by atoms with Crippen molar-refractivity contribution in [2.45, 2.75) is 6.61 Å². The van der Waals surface area contributed by atoms with Gasteiger partial charge in [-0.05, 0) is 0 Å². The predicted octanol–water partition coefficient (Wildman–Crippen LogP) is -0.181. The van der Waals surface area contributed by atoms with Crippen LogP contribution in [0.2, 0.25) is 0 Å². The van der Waals surface area contributed by atoms with Crippen molar-refractivity contribution in [3.63, 3.8) is 0 Å². The second-order valence-corrected chi connectivity index (χ2v) is 2.14. The van der Waals surface area contributed by atoms with E-state index in [1.807, 2.05) is 7.05 Å². The zero-order valence-corrected chi connectivity index (χ0v) is 6.57. The van der Waals surface area contributed by atoms with Crippen LogP contribution in [0.3, 0.4) is 0 Å². The normalized spacial score (nSPS) is 10.1. The molecule has 5 heteroatoms. The Morgan fingerprint density at radius 2 is 2.45 bits per heavy atom. The van der Waals surface area contributed by atoms with E-state index in [2.05, 4.69) is 9.82 Å². The molecule has 0 spiro atoms. The fourth-order valence-electron chi connectivity index (χ4n) is 0.817. The second kappa shape index (κ2) is 3.36. The highest BCUT2D eigenvalue weighted by Crippen LogP contribution is 2.09. The molecule has 0 saturated carbocycles. The largest absolute Gasteiger partial charge is 0.378 e. The molecule has 0 aliphatic heterocycles. The van der Waals surface area contributed by atoms with Gasteiger partial charge in [-0.15, -0.1) is 0 Å². The number of imidazole rings is 1. The monoisotopic (exact) mass is 157 g/mol. The third-order valence-electron chi connectivity index (χ3n) is 1.44. The van der Waals surface area contributed by atoms with Crippen LogP contribution in [0.5, 0.6) is 6.01 Å². The lowest BCUT2D eigenvalue weighted by molar-refractivity contribution is 0.177. The van der Waals surface area contributed by atoms with Gasteiger partial charge in [0.1, 0.15) is 0 Å². The van der Waals surface area contributed by atoms with Crippen molar-refractivity contribution in [2.75, 3.05) is 7.11 Å². The summed E-state index contributed by atoms with van der Waals surface area (Å²) >= 11 is 0. The van der Waals surface area contributed by atoms with Crippen molar-refractivity contribution >= 4 is 0 Å². The Morgan fingerprint density at radius 1 is 1.73 bits per heavy atom. The Balaban J connectivity index is 2.82. The smallest absolute Gasteiger partial charge is 0.315 e. The van der Waals surface area contributed by atoms with E-state index in [-0.39, 0.29) is 0 Å². The van der Waals surface area contributed by atoms with Crippen LogP contribution in [0, 0.1) is 0 Å². The van der Waals surface area contributed by atoms with E-state index in [1.54, 1.807) is 17.9 Å². The average molecular weight is 157 g/mol. The SMILES string of the molecule is COCc1cnc(ON)n1C. The summed E-state index contributed by atoms with van der Waals surface area (Å²) in [5.41, 5.74) is 0.924. The van der Waals surface area contributed by atoms with Gasteiger partial charge in [-0.1, -0.05) is 0 Å². The lowest BCUT2D eigenvalue weighted by atomic mass is 10.5. The molecule has 0 aromatic carbocycles. The van der Waals surface area contributed by atoms with Crippen molar-refractivity contribution in [2.24, 2.45) is 12.9 Å². The molecule has 0 unspecified atom stereocenters. The van der Waals surface area contributed by atoms with Crippen LogP contribution in [0.4, 0.5) is 0 Å². The van der Waals surface area contributed by atoms with Gasteiger partial charge in [-0.3, -0.25) is 4.57 Å². The third kappa shape index (κ3) is 1.50. The summed E-state index contributed by atoms with van der Waals surface area (Å²) in [7, 11) is 3.43. The lowest BCUT2D eigenvalue weighted by Gasteiger charge is -2.01. The van der Waals surface area contributed by atoms with E-state index in [9.17, 15) is 0 Å². The molecular formula is C6H11N3O2. The van der Waals surface area contributed by atoms with Crippen molar-refractivity contribution in [3.8, 4) is 6.01 Å². The molecule has 62 valence electrons. The topological polar surface area (TPSA) is 62.3 Å². The molecule has 0 bridgehead atoms. The minimum absolute atomic E-state index is 0.386. The number of hydrogen-bond acceptors (Lipinski definition) is 4. The number of nitrogens with two attached hydrogens (primary N) is 1. The summed E-state index contributed by atoms with van der Waals surface area (Å²) in [5.74, 6) is 4.94. The van der Waals surface area contributed by atoms with Gasteiger partial charge in [0.15, 0.2) is 0 Å². The summed E-state index contributed by atoms with van der Waals surface area (Å²) < 4.78 is 6.64. The van der Waals surface area contributed by atoms with Crippen LogP contribution in [0.1, 0.15) is 5.69 Å². The zero-order chi connectivity index (χ0) is 8.27. The Bertz CT molecular complexity index is 234. The molecule has 1 aromatic heterocycles. The summed E-state index contributed by atoms with van der Waals surface area (Å²) in [6, 6.07) is 0.386. The quantitative estimate of drug-likeness (QED) is 0.618. The number of ether oxygens (including phenoxy) is 1. The summed E-state index contributed by atoms with van der Waals surface area (Å²) in [4.78, 5) is 8.36. The van der Waals surface area contributed by atoms with Crippen molar-refractivity contribution < 1.29 is 9.57 Å². The van der Waals surface area contributed by atoms with Crippen LogP contribution in [-0.2, 0) is 18.4 Å². The maximum atomic E-state index is 4.94. The molecule has 0 radical (unpaired) electrons. The Labute approximate surface area is 64.7 Å². The lowest BCUT2D eigenvalue weighted by Crippen LogP contribution is -2.08. The first kappa shape index (κ1) is 8.03. The van der Waals surface area contributed by atoms with Gasteiger partial charge in [0, 0.05) is 14.2 Å². The van der Waals surface area contributed by atoms with E-state index in [0.29, 0.717) is 12.6 Å². The molecule has 0 aliphatic rings. The number of nitrogens with zero attached hydrogens (tertiary/aromatic N) is 2. The number of methoxy groups -OCH3 is 1.